The summed E-state index contributed by atoms with van der Waals surface area (Å²) in [6.07, 6.45) is 1.49. The quantitative estimate of drug-likeness (QED) is 0.619. The van der Waals surface area contributed by atoms with E-state index >= 15 is 0 Å². The molecule has 8 nitrogen and oxygen atoms in total. The number of rotatable bonds is 6. The predicted molar refractivity (Wildman–Crippen MR) is 71.2 cm³/mol. The minimum atomic E-state index is -3.57. The summed E-state index contributed by atoms with van der Waals surface area (Å²) >= 11 is 0. The van der Waals surface area contributed by atoms with E-state index in [-0.39, 0.29) is 39.3 Å². The number of hydrogen-bond donors (Lipinski definition) is 1. The average molecular weight is 315 g/mol. The highest BCUT2D eigenvalue weighted by molar-refractivity contribution is 7.88. The second-order valence-electron chi connectivity index (χ2n) is 4.47. The lowest BCUT2D eigenvalue weighted by Crippen LogP contribution is -2.53. The molecule has 1 fully saturated rings. The van der Waals surface area contributed by atoms with Crippen molar-refractivity contribution < 1.29 is 21.9 Å². The van der Waals surface area contributed by atoms with Crippen LogP contribution in [0.1, 0.15) is 6.42 Å². The van der Waals surface area contributed by atoms with E-state index in [0.717, 1.165) is 6.26 Å². The van der Waals surface area contributed by atoms with Crippen molar-refractivity contribution in [1.29, 1.82) is 0 Å². The molecule has 1 saturated heterocycles. The number of aliphatic hydroxyl groups excluding tert-OH is 1. The van der Waals surface area contributed by atoms with Crippen LogP contribution in [0.5, 0.6) is 0 Å². The summed E-state index contributed by atoms with van der Waals surface area (Å²) in [5.74, 6) is 0. The second-order valence-corrected chi connectivity index (χ2v) is 8.49. The molecule has 0 radical (unpaired) electrons. The summed E-state index contributed by atoms with van der Waals surface area (Å²) in [4.78, 5) is 0. The van der Waals surface area contributed by atoms with Gasteiger partial charge in [-0.25, -0.2) is 8.42 Å². The molecular weight excluding hydrogens is 294 g/mol. The summed E-state index contributed by atoms with van der Waals surface area (Å²) in [7, 11) is -5.38. The zero-order valence-electron chi connectivity index (χ0n) is 11.2. The van der Waals surface area contributed by atoms with E-state index in [2.05, 4.69) is 0 Å². The van der Waals surface area contributed by atoms with Gasteiger partial charge < -0.3 is 5.11 Å². The summed E-state index contributed by atoms with van der Waals surface area (Å²) < 4.78 is 50.7. The fraction of sp³-hybridized carbons (Fsp3) is 1.00. The van der Waals surface area contributed by atoms with Crippen molar-refractivity contribution in [2.45, 2.75) is 6.42 Å². The Morgan fingerprint density at radius 1 is 1.05 bits per heavy atom. The smallest absolute Gasteiger partial charge is 0.281 e. The Kier molecular flexibility index (Phi) is 5.71. The van der Waals surface area contributed by atoms with Gasteiger partial charge in [0.25, 0.3) is 10.2 Å². The second kappa shape index (κ2) is 6.46. The highest BCUT2D eigenvalue weighted by Gasteiger charge is 2.32. The third-order valence-electron chi connectivity index (χ3n) is 3.02. The van der Waals surface area contributed by atoms with Gasteiger partial charge in [0.15, 0.2) is 0 Å². The molecular formula is C9H21N3O5S2. The monoisotopic (exact) mass is 315 g/mol. The van der Waals surface area contributed by atoms with Crippen molar-refractivity contribution in [2.24, 2.45) is 0 Å². The first-order valence-corrected chi connectivity index (χ1v) is 9.21. The van der Waals surface area contributed by atoms with Gasteiger partial charge in [-0.2, -0.15) is 21.3 Å². The first-order valence-electron chi connectivity index (χ1n) is 5.97. The highest BCUT2D eigenvalue weighted by Crippen LogP contribution is 2.12. The van der Waals surface area contributed by atoms with Gasteiger partial charge in [-0.05, 0) is 6.42 Å². The van der Waals surface area contributed by atoms with Crippen molar-refractivity contribution in [3.63, 3.8) is 0 Å². The van der Waals surface area contributed by atoms with Gasteiger partial charge in [0.1, 0.15) is 0 Å². The largest absolute Gasteiger partial charge is 0.396 e. The van der Waals surface area contributed by atoms with Crippen LogP contribution in [0, 0.1) is 0 Å². The molecule has 0 saturated carbocycles. The predicted octanol–water partition coefficient (Wildman–Crippen LogP) is -1.88. The summed E-state index contributed by atoms with van der Waals surface area (Å²) in [5.41, 5.74) is 0. The van der Waals surface area contributed by atoms with Crippen LogP contribution in [0.15, 0.2) is 0 Å². The summed E-state index contributed by atoms with van der Waals surface area (Å²) in [5, 5.41) is 8.71. The number of nitrogens with zero attached hydrogens (tertiary/aromatic N) is 3. The SMILES string of the molecule is CN(CCCO)S(=O)(=O)N1CCN(S(C)(=O)=O)CC1. The van der Waals surface area contributed by atoms with E-state index in [0.29, 0.717) is 6.42 Å². The van der Waals surface area contributed by atoms with Gasteiger partial charge in [0.05, 0.1) is 6.26 Å². The lowest BCUT2D eigenvalue weighted by molar-refractivity contribution is 0.249. The number of sulfonamides is 1. The molecule has 0 unspecified atom stereocenters. The first-order chi connectivity index (χ1) is 8.69. The van der Waals surface area contributed by atoms with Crippen molar-refractivity contribution in [1.82, 2.24) is 12.9 Å². The maximum atomic E-state index is 12.2. The Morgan fingerprint density at radius 2 is 1.53 bits per heavy atom. The minimum Gasteiger partial charge on any atom is -0.396 e. The fourth-order valence-electron chi connectivity index (χ4n) is 1.84. The van der Waals surface area contributed by atoms with Crippen molar-refractivity contribution in [3.05, 3.63) is 0 Å². The topological polar surface area (TPSA) is 98.2 Å². The van der Waals surface area contributed by atoms with Crippen LogP contribution in [0.2, 0.25) is 0 Å². The molecule has 19 heavy (non-hydrogen) atoms. The molecule has 0 aromatic heterocycles. The van der Waals surface area contributed by atoms with Crippen molar-refractivity contribution >= 4 is 20.2 Å². The van der Waals surface area contributed by atoms with E-state index in [1.807, 2.05) is 0 Å². The Balaban J connectivity index is 2.64. The average Bonchev–Trinajstić information content (AvgIpc) is 2.35. The zero-order valence-corrected chi connectivity index (χ0v) is 12.8. The van der Waals surface area contributed by atoms with E-state index in [4.69, 9.17) is 5.11 Å². The Morgan fingerprint density at radius 3 is 1.95 bits per heavy atom. The first kappa shape index (κ1) is 16.8. The molecule has 0 bridgehead atoms. The lowest BCUT2D eigenvalue weighted by atomic mass is 10.4. The molecule has 0 atom stereocenters. The van der Waals surface area contributed by atoms with Crippen LogP contribution in [-0.2, 0) is 20.2 Å². The van der Waals surface area contributed by atoms with Crippen molar-refractivity contribution in [3.8, 4) is 0 Å². The van der Waals surface area contributed by atoms with Crippen molar-refractivity contribution in [2.75, 3.05) is 52.6 Å². The van der Waals surface area contributed by atoms with Crippen LogP contribution in [0.25, 0.3) is 0 Å². The molecule has 1 heterocycles. The maximum Gasteiger partial charge on any atom is 0.281 e. The molecule has 0 amide bonds. The molecule has 0 aromatic carbocycles. The van der Waals surface area contributed by atoms with E-state index in [9.17, 15) is 16.8 Å². The third kappa shape index (κ3) is 4.36. The van der Waals surface area contributed by atoms with Gasteiger partial charge in [-0.3, -0.25) is 0 Å². The van der Waals surface area contributed by atoms with Gasteiger partial charge in [-0.15, -0.1) is 0 Å². The number of aliphatic hydroxyl groups is 1. The Bertz CT molecular complexity index is 482. The zero-order chi connectivity index (χ0) is 14.7. The molecule has 0 aromatic rings. The normalized spacial score (nSPS) is 20.0. The molecule has 10 heteroatoms. The Labute approximate surface area is 114 Å². The van der Waals surface area contributed by atoms with Gasteiger partial charge in [0.2, 0.25) is 10.0 Å². The molecule has 0 aliphatic carbocycles. The summed E-state index contributed by atoms with van der Waals surface area (Å²) in [6.45, 7) is 0.822. The van der Waals surface area contributed by atoms with Crippen LogP contribution in [0.3, 0.4) is 0 Å². The molecule has 1 aliphatic heterocycles. The minimum absolute atomic E-state index is 0.0677. The molecule has 0 spiro atoms. The molecule has 1 aliphatic rings. The van der Waals surface area contributed by atoms with E-state index in [1.165, 1.54) is 20.0 Å². The van der Waals surface area contributed by atoms with Gasteiger partial charge >= 0.3 is 0 Å². The Hall–Kier alpha value is -0.260. The molecule has 114 valence electrons. The van der Waals surface area contributed by atoms with E-state index < -0.39 is 20.2 Å². The number of piperazine rings is 1. The summed E-state index contributed by atoms with van der Waals surface area (Å²) in [6, 6.07) is 0. The fourth-order valence-corrected chi connectivity index (χ4v) is 4.04. The van der Waals surface area contributed by atoms with Crippen LogP contribution in [-0.4, -0.2) is 87.5 Å². The van der Waals surface area contributed by atoms with Gasteiger partial charge in [-0.1, -0.05) is 0 Å². The van der Waals surface area contributed by atoms with Crippen LogP contribution < -0.4 is 0 Å². The van der Waals surface area contributed by atoms with Gasteiger partial charge in [0, 0.05) is 46.4 Å². The van der Waals surface area contributed by atoms with E-state index in [1.54, 1.807) is 0 Å². The molecule has 1 N–H and O–H groups in total. The maximum absolute atomic E-state index is 12.2. The molecule has 1 rings (SSSR count). The van der Waals surface area contributed by atoms with Crippen LogP contribution >= 0.6 is 0 Å². The standard InChI is InChI=1S/C9H21N3O5S2/c1-10(4-3-9-13)19(16,17)12-7-5-11(6-8-12)18(2,14)15/h13H,3-9H2,1-2H3. The highest BCUT2D eigenvalue weighted by atomic mass is 32.2. The number of hydrogen-bond acceptors (Lipinski definition) is 5. The van der Waals surface area contributed by atoms with Crippen LogP contribution in [0.4, 0.5) is 0 Å². The lowest BCUT2D eigenvalue weighted by Gasteiger charge is -2.34. The third-order valence-corrected chi connectivity index (χ3v) is 6.31.